The molecule has 1 nitrogen and oxygen atoms in total. The van der Waals surface area contributed by atoms with E-state index in [-0.39, 0.29) is 0 Å². The van der Waals surface area contributed by atoms with Gasteiger partial charge < -0.3 is 5.32 Å². The van der Waals surface area contributed by atoms with Gasteiger partial charge in [0.15, 0.2) is 0 Å². The molecule has 1 aliphatic rings. The van der Waals surface area contributed by atoms with Gasteiger partial charge in [-0.2, -0.15) is 0 Å². The van der Waals surface area contributed by atoms with Crippen LogP contribution in [0.5, 0.6) is 0 Å². The van der Waals surface area contributed by atoms with Gasteiger partial charge in [-0.15, -0.1) is 0 Å². The van der Waals surface area contributed by atoms with Gasteiger partial charge in [-0.05, 0) is 30.1 Å². The third kappa shape index (κ3) is 5.30. The van der Waals surface area contributed by atoms with Crippen LogP contribution in [0.2, 0.25) is 0 Å². The van der Waals surface area contributed by atoms with E-state index in [9.17, 15) is 0 Å². The van der Waals surface area contributed by atoms with Gasteiger partial charge in [0.25, 0.3) is 0 Å². The van der Waals surface area contributed by atoms with Crippen LogP contribution in [0.3, 0.4) is 0 Å². The Kier molecular flexibility index (Phi) is 6.70. The van der Waals surface area contributed by atoms with Crippen molar-refractivity contribution in [1.29, 1.82) is 0 Å². The Bertz CT molecular complexity index is 222. The fourth-order valence-corrected chi connectivity index (χ4v) is 3.22. The molecule has 0 aliphatic heterocycles. The second kappa shape index (κ2) is 7.53. The highest BCUT2D eigenvalue weighted by Crippen LogP contribution is 2.30. The van der Waals surface area contributed by atoms with Crippen LogP contribution in [0.25, 0.3) is 0 Å². The van der Waals surface area contributed by atoms with Crippen molar-refractivity contribution in [3.63, 3.8) is 0 Å². The largest absolute Gasteiger partial charge is 0.313 e. The lowest BCUT2D eigenvalue weighted by atomic mass is 9.77. The van der Waals surface area contributed by atoms with Gasteiger partial charge in [-0.1, -0.05) is 66.7 Å². The number of hydrogen-bond donors (Lipinski definition) is 1. The SMILES string of the molecule is CCCCCC(C)(C)CNC1CCCC(C)C1C. The second-order valence-corrected chi connectivity index (χ2v) is 7.38. The molecular weight excluding hydrogens is 218 g/mol. The summed E-state index contributed by atoms with van der Waals surface area (Å²) in [5, 5.41) is 3.87. The zero-order valence-corrected chi connectivity index (χ0v) is 13.4. The third-order valence-electron chi connectivity index (χ3n) is 5.01. The van der Waals surface area contributed by atoms with Gasteiger partial charge >= 0.3 is 0 Å². The van der Waals surface area contributed by atoms with E-state index in [1.807, 2.05) is 0 Å². The van der Waals surface area contributed by atoms with Crippen molar-refractivity contribution in [3.8, 4) is 0 Å². The molecule has 1 rings (SSSR count). The molecule has 0 aromatic rings. The van der Waals surface area contributed by atoms with E-state index in [4.69, 9.17) is 0 Å². The lowest BCUT2D eigenvalue weighted by Gasteiger charge is -2.37. The first kappa shape index (κ1) is 16.0. The highest BCUT2D eigenvalue weighted by Gasteiger charge is 2.28. The zero-order chi connectivity index (χ0) is 13.6. The molecule has 0 radical (unpaired) electrons. The molecule has 0 aromatic heterocycles. The Balaban J connectivity index is 2.29. The molecule has 3 atom stereocenters. The molecule has 18 heavy (non-hydrogen) atoms. The van der Waals surface area contributed by atoms with E-state index in [2.05, 4.69) is 39.9 Å². The van der Waals surface area contributed by atoms with Crippen LogP contribution in [0, 0.1) is 17.3 Å². The standard InChI is InChI=1S/C17H35N/c1-6-7-8-12-17(4,5)13-18-16-11-9-10-14(2)15(16)3/h14-16,18H,6-13H2,1-5H3. The average Bonchev–Trinajstić information content (AvgIpc) is 2.31. The summed E-state index contributed by atoms with van der Waals surface area (Å²) in [6, 6.07) is 0.763. The third-order valence-corrected chi connectivity index (χ3v) is 5.01. The monoisotopic (exact) mass is 253 g/mol. The van der Waals surface area contributed by atoms with Crippen molar-refractivity contribution in [2.24, 2.45) is 17.3 Å². The van der Waals surface area contributed by atoms with E-state index < -0.39 is 0 Å². The summed E-state index contributed by atoms with van der Waals surface area (Å²) in [6.45, 7) is 13.2. The van der Waals surface area contributed by atoms with E-state index in [0.717, 1.165) is 17.9 Å². The van der Waals surface area contributed by atoms with Crippen molar-refractivity contribution in [2.75, 3.05) is 6.54 Å². The van der Waals surface area contributed by atoms with Gasteiger partial charge in [0.2, 0.25) is 0 Å². The molecule has 108 valence electrons. The topological polar surface area (TPSA) is 12.0 Å². The van der Waals surface area contributed by atoms with Gasteiger partial charge in [0.1, 0.15) is 0 Å². The van der Waals surface area contributed by atoms with Crippen LogP contribution < -0.4 is 5.32 Å². The fraction of sp³-hybridized carbons (Fsp3) is 1.00. The highest BCUT2D eigenvalue weighted by atomic mass is 14.9. The van der Waals surface area contributed by atoms with Crippen molar-refractivity contribution in [1.82, 2.24) is 5.32 Å². The first-order chi connectivity index (χ1) is 8.46. The first-order valence-electron chi connectivity index (χ1n) is 8.19. The smallest absolute Gasteiger partial charge is 0.00954 e. The summed E-state index contributed by atoms with van der Waals surface area (Å²) in [6.07, 6.45) is 9.71. The molecule has 1 aliphatic carbocycles. The summed E-state index contributed by atoms with van der Waals surface area (Å²) < 4.78 is 0. The summed E-state index contributed by atoms with van der Waals surface area (Å²) in [4.78, 5) is 0. The Morgan fingerprint density at radius 2 is 1.83 bits per heavy atom. The molecule has 3 unspecified atom stereocenters. The van der Waals surface area contributed by atoms with Crippen LogP contribution in [0.4, 0.5) is 0 Å². The summed E-state index contributed by atoms with van der Waals surface area (Å²) in [7, 11) is 0. The summed E-state index contributed by atoms with van der Waals surface area (Å²) in [5.41, 5.74) is 0.468. The number of hydrogen-bond acceptors (Lipinski definition) is 1. The quantitative estimate of drug-likeness (QED) is 0.629. The first-order valence-corrected chi connectivity index (χ1v) is 8.19. The maximum Gasteiger partial charge on any atom is 0.00954 e. The van der Waals surface area contributed by atoms with Gasteiger partial charge in [0.05, 0.1) is 0 Å². The molecule has 0 saturated heterocycles. The Morgan fingerprint density at radius 3 is 2.50 bits per heavy atom. The summed E-state index contributed by atoms with van der Waals surface area (Å²) in [5.74, 6) is 1.75. The van der Waals surface area contributed by atoms with Crippen LogP contribution in [-0.2, 0) is 0 Å². The van der Waals surface area contributed by atoms with Gasteiger partial charge in [-0.3, -0.25) is 0 Å². The lowest BCUT2D eigenvalue weighted by molar-refractivity contribution is 0.183. The number of rotatable bonds is 7. The molecule has 0 bridgehead atoms. The van der Waals surface area contributed by atoms with E-state index >= 15 is 0 Å². The van der Waals surface area contributed by atoms with Crippen LogP contribution in [0.1, 0.15) is 79.6 Å². The highest BCUT2D eigenvalue weighted by molar-refractivity contribution is 4.84. The molecule has 0 amide bonds. The normalized spacial score (nSPS) is 29.5. The minimum absolute atomic E-state index is 0.468. The Hall–Kier alpha value is -0.0400. The second-order valence-electron chi connectivity index (χ2n) is 7.38. The minimum Gasteiger partial charge on any atom is -0.313 e. The maximum absolute atomic E-state index is 3.87. The molecule has 1 saturated carbocycles. The Labute approximate surface area is 115 Å². The summed E-state index contributed by atoms with van der Waals surface area (Å²) >= 11 is 0. The molecule has 1 N–H and O–H groups in total. The van der Waals surface area contributed by atoms with E-state index in [0.29, 0.717) is 5.41 Å². The molecule has 0 heterocycles. The fourth-order valence-electron chi connectivity index (χ4n) is 3.22. The van der Waals surface area contributed by atoms with Crippen LogP contribution in [-0.4, -0.2) is 12.6 Å². The van der Waals surface area contributed by atoms with Crippen molar-refractivity contribution >= 4 is 0 Å². The number of unbranched alkanes of at least 4 members (excludes halogenated alkanes) is 2. The minimum atomic E-state index is 0.468. The van der Waals surface area contributed by atoms with Gasteiger partial charge in [0, 0.05) is 12.6 Å². The predicted molar refractivity (Wildman–Crippen MR) is 81.9 cm³/mol. The molecular formula is C17H35N. The Morgan fingerprint density at radius 1 is 1.11 bits per heavy atom. The maximum atomic E-state index is 3.87. The molecule has 1 heteroatoms. The van der Waals surface area contributed by atoms with Crippen molar-refractivity contribution < 1.29 is 0 Å². The van der Waals surface area contributed by atoms with E-state index in [1.54, 1.807) is 0 Å². The molecule has 0 spiro atoms. The average molecular weight is 253 g/mol. The van der Waals surface area contributed by atoms with Crippen molar-refractivity contribution in [2.45, 2.75) is 85.6 Å². The van der Waals surface area contributed by atoms with Crippen LogP contribution >= 0.6 is 0 Å². The number of nitrogens with one attached hydrogen (secondary N) is 1. The van der Waals surface area contributed by atoms with E-state index in [1.165, 1.54) is 51.5 Å². The van der Waals surface area contributed by atoms with Crippen LogP contribution in [0.15, 0.2) is 0 Å². The van der Waals surface area contributed by atoms with Crippen molar-refractivity contribution in [3.05, 3.63) is 0 Å². The lowest BCUT2D eigenvalue weighted by Crippen LogP contribution is -2.44. The van der Waals surface area contributed by atoms with Gasteiger partial charge in [-0.25, -0.2) is 0 Å². The zero-order valence-electron chi connectivity index (χ0n) is 13.4. The predicted octanol–water partition coefficient (Wildman–Crippen LogP) is 5.01. The molecule has 1 fully saturated rings. The molecule has 0 aromatic carbocycles.